The van der Waals surface area contributed by atoms with E-state index in [-0.39, 0.29) is 11.1 Å². The number of aromatic nitrogens is 2. The summed E-state index contributed by atoms with van der Waals surface area (Å²) in [6, 6.07) is 19.0. The molecule has 1 N–H and O–H groups in total. The minimum absolute atomic E-state index is 0.122. The molecule has 1 aliphatic heterocycles. The van der Waals surface area contributed by atoms with Crippen LogP contribution in [0.2, 0.25) is 18.1 Å². The fourth-order valence-corrected chi connectivity index (χ4v) is 6.88. The van der Waals surface area contributed by atoms with Gasteiger partial charge >= 0.3 is 6.09 Å². The summed E-state index contributed by atoms with van der Waals surface area (Å²) in [4.78, 5) is 27.0. The van der Waals surface area contributed by atoms with Gasteiger partial charge in [0, 0.05) is 49.4 Å². The first-order valence-corrected chi connectivity index (χ1v) is 19.0. The number of piperazine rings is 1. The van der Waals surface area contributed by atoms with Crippen LogP contribution in [0.5, 0.6) is 5.75 Å². The zero-order valence-corrected chi connectivity index (χ0v) is 29.0. The molecule has 4 aromatic rings. The van der Waals surface area contributed by atoms with E-state index >= 15 is 0 Å². The maximum absolute atomic E-state index is 12.4. The van der Waals surface area contributed by atoms with Crippen LogP contribution in [0.15, 0.2) is 60.9 Å². The third-order valence-corrected chi connectivity index (χ3v) is 13.8. The van der Waals surface area contributed by atoms with Crippen molar-refractivity contribution in [2.45, 2.75) is 71.8 Å². The standard InChI is InChI=1S/C34H45N5O3SSi/c1-33(2,3)41-32(40)39-17-15-38(16-18-39)22-24-11-9-12-25(19-24)29-21-28-30(43-29)31(36-23-35-28)37-26-13-10-14-27(20-26)42-44(7,8)34(4,5)6/h9-14,19-21,23H,15-18,22H2,1-8H3,(H,35,36,37). The smallest absolute Gasteiger partial charge is 0.410 e. The van der Waals surface area contributed by atoms with Crippen molar-refractivity contribution in [2.24, 2.45) is 0 Å². The highest BCUT2D eigenvalue weighted by Crippen LogP contribution is 2.39. The van der Waals surface area contributed by atoms with Crippen LogP contribution in [-0.2, 0) is 11.3 Å². The Bertz CT molecular complexity index is 1620. The molecule has 2 aromatic heterocycles. The van der Waals surface area contributed by atoms with Gasteiger partial charge in [-0.1, -0.05) is 45.0 Å². The quantitative estimate of drug-likeness (QED) is 0.205. The van der Waals surface area contributed by atoms with Crippen LogP contribution >= 0.6 is 11.3 Å². The third-order valence-electron chi connectivity index (χ3n) is 8.23. The molecule has 0 bridgehead atoms. The summed E-state index contributed by atoms with van der Waals surface area (Å²) in [5.74, 6) is 1.66. The fourth-order valence-electron chi connectivity index (χ4n) is 4.80. The number of hydrogen-bond acceptors (Lipinski definition) is 8. The van der Waals surface area contributed by atoms with Gasteiger partial charge in [-0.15, -0.1) is 11.3 Å². The molecule has 0 aliphatic carbocycles. The number of hydrogen-bond donors (Lipinski definition) is 1. The first-order valence-electron chi connectivity index (χ1n) is 15.3. The normalized spacial score (nSPS) is 15.0. The molecule has 0 saturated carbocycles. The summed E-state index contributed by atoms with van der Waals surface area (Å²) < 4.78 is 13.1. The average molecular weight is 632 g/mol. The molecule has 0 atom stereocenters. The molecule has 0 radical (unpaired) electrons. The lowest BCUT2D eigenvalue weighted by Crippen LogP contribution is -2.49. The van der Waals surface area contributed by atoms with Crippen molar-refractivity contribution in [1.82, 2.24) is 19.8 Å². The number of anilines is 2. The predicted octanol–water partition coefficient (Wildman–Crippen LogP) is 8.54. The minimum Gasteiger partial charge on any atom is -0.543 e. The molecular formula is C34H45N5O3SSi. The van der Waals surface area contributed by atoms with Gasteiger partial charge in [0.2, 0.25) is 8.32 Å². The highest BCUT2D eigenvalue weighted by molar-refractivity contribution is 7.22. The van der Waals surface area contributed by atoms with Crippen molar-refractivity contribution in [1.29, 1.82) is 0 Å². The topological polar surface area (TPSA) is 79.8 Å². The van der Waals surface area contributed by atoms with Gasteiger partial charge in [0.1, 0.15) is 17.7 Å². The first-order chi connectivity index (χ1) is 20.7. The Morgan fingerprint density at radius 3 is 2.39 bits per heavy atom. The summed E-state index contributed by atoms with van der Waals surface area (Å²) in [6.07, 6.45) is 1.39. The Balaban J connectivity index is 1.27. The number of amides is 1. The van der Waals surface area contributed by atoms with E-state index in [1.54, 1.807) is 22.6 Å². The lowest BCUT2D eigenvalue weighted by atomic mass is 10.1. The van der Waals surface area contributed by atoms with Crippen LogP contribution in [0.3, 0.4) is 0 Å². The van der Waals surface area contributed by atoms with E-state index in [0.717, 1.165) is 57.5 Å². The van der Waals surface area contributed by atoms with Gasteiger partial charge in [-0.3, -0.25) is 4.90 Å². The Labute approximate surface area is 266 Å². The van der Waals surface area contributed by atoms with Crippen LogP contribution < -0.4 is 9.74 Å². The molecule has 0 unspecified atom stereocenters. The van der Waals surface area contributed by atoms with Crippen LogP contribution in [0, 0.1) is 0 Å². The number of thiophene rings is 1. The van der Waals surface area contributed by atoms with Crippen molar-refractivity contribution in [3.63, 3.8) is 0 Å². The molecule has 234 valence electrons. The maximum Gasteiger partial charge on any atom is 0.410 e. The number of benzene rings is 2. The van der Waals surface area contributed by atoms with Gasteiger partial charge in [0.05, 0.1) is 10.2 Å². The lowest BCUT2D eigenvalue weighted by molar-refractivity contribution is 0.0139. The van der Waals surface area contributed by atoms with Gasteiger partial charge in [-0.2, -0.15) is 0 Å². The van der Waals surface area contributed by atoms with Crippen molar-refractivity contribution in [2.75, 3.05) is 31.5 Å². The molecule has 1 aliphatic rings. The number of carbonyl (C=O) groups is 1. The van der Waals surface area contributed by atoms with E-state index in [0.29, 0.717) is 13.1 Å². The highest BCUT2D eigenvalue weighted by Gasteiger charge is 2.39. The van der Waals surface area contributed by atoms with E-state index in [1.807, 2.05) is 39.0 Å². The van der Waals surface area contributed by atoms with Crippen molar-refractivity contribution in [3.8, 4) is 16.2 Å². The van der Waals surface area contributed by atoms with Gasteiger partial charge < -0.3 is 19.4 Å². The molecule has 8 nitrogen and oxygen atoms in total. The van der Waals surface area contributed by atoms with Crippen LogP contribution in [0.25, 0.3) is 20.7 Å². The summed E-state index contributed by atoms with van der Waals surface area (Å²) in [5.41, 5.74) is 3.78. The summed E-state index contributed by atoms with van der Waals surface area (Å²) in [5, 5.41) is 3.64. The molecule has 10 heteroatoms. The monoisotopic (exact) mass is 631 g/mol. The van der Waals surface area contributed by atoms with Gasteiger partial charge in [-0.05, 0) is 74.3 Å². The lowest BCUT2D eigenvalue weighted by Gasteiger charge is -2.36. The fraction of sp³-hybridized carbons (Fsp3) is 0.441. The molecular weight excluding hydrogens is 587 g/mol. The van der Waals surface area contributed by atoms with Crippen LogP contribution in [0.1, 0.15) is 47.1 Å². The average Bonchev–Trinajstić information content (AvgIpc) is 3.38. The summed E-state index contributed by atoms with van der Waals surface area (Å²) in [6.45, 7) is 20.8. The Kier molecular flexibility index (Phi) is 9.07. The van der Waals surface area contributed by atoms with Gasteiger partial charge in [-0.25, -0.2) is 14.8 Å². The van der Waals surface area contributed by atoms with Gasteiger partial charge in [0.25, 0.3) is 0 Å². The number of rotatable bonds is 7. The predicted molar refractivity (Wildman–Crippen MR) is 183 cm³/mol. The Morgan fingerprint density at radius 2 is 1.68 bits per heavy atom. The molecule has 1 saturated heterocycles. The maximum atomic E-state index is 12.4. The number of nitrogens with one attached hydrogen (secondary N) is 1. The van der Waals surface area contributed by atoms with E-state index in [9.17, 15) is 4.79 Å². The molecule has 1 fully saturated rings. The Hall–Kier alpha value is -3.47. The molecule has 0 spiro atoms. The van der Waals surface area contributed by atoms with Crippen molar-refractivity contribution < 1.29 is 14.0 Å². The second kappa shape index (κ2) is 12.5. The van der Waals surface area contributed by atoms with Crippen molar-refractivity contribution >= 4 is 47.5 Å². The summed E-state index contributed by atoms with van der Waals surface area (Å²) >= 11 is 1.69. The van der Waals surface area contributed by atoms with Gasteiger partial charge in [0.15, 0.2) is 5.82 Å². The highest BCUT2D eigenvalue weighted by atomic mass is 32.1. The molecule has 3 heterocycles. The SMILES string of the molecule is CC(C)(C)OC(=O)N1CCN(Cc2cccc(-c3cc4ncnc(Nc5cccc(O[Si](C)(C)C(C)(C)C)c5)c4s3)c2)CC1. The second-order valence-electron chi connectivity index (χ2n) is 14.0. The van der Waals surface area contributed by atoms with Crippen LogP contribution in [0.4, 0.5) is 16.3 Å². The largest absolute Gasteiger partial charge is 0.543 e. The minimum atomic E-state index is -1.95. The summed E-state index contributed by atoms with van der Waals surface area (Å²) in [7, 11) is -1.95. The molecule has 44 heavy (non-hydrogen) atoms. The van der Waals surface area contributed by atoms with E-state index in [4.69, 9.17) is 9.16 Å². The zero-order valence-electron chi connectivity index (χ0n) is 27.2. The molecule has 2 aromatic carbocycles. The number of fused-ring (bicyclic) bond motifs is 1. The van der Waals surface area contributed by atoms with Crippen molar-refractivity contribution in [3.05, 3.63) is 66.5 Å². The van der Waals surface area contributed by atoms with E-state index < -0.39 is 13.9 Å². The number of nitrogens with zero attached hydrogens (tertiary/aromatic N) is 4. The zero-order chi connectivity index (χ0) is 31.7. The number of carbonyl (C=O) groups excluding carboxylic acids is 1. The molecule has 5 rings (SSSR count). The van der Waals surface area contributed by atoms with E-state index in [2.05, 4.69) is 90.4 Å². The van der Waals surface area contributed by atoms with E-state index in [1.165, 1.54) is 5.56 Å². The van der Waals surface area contributed by atoms with Crippen LogP contribution in [-0.4, -0.2) is 66.0 Å². The first kappa shape index (κ1) is 31.9. The Morgan fingerprint density at radius 1 is 0.955 bits per heavy atom. The second-order valence-corrected chi connectivity index (χ2v) is 19.8. The third kappa shape index (κ3) is 7.78. The number of ether oxygens (including phenoxy) is 1. The molecule has 1 amide bonds.